The van der Waals surface area contributed by atoms with Gasteiger partial charge in [-0.05, 0) is 81.9 Å². The quantitative estimate of drug-likeness (QED) is 0.318. The van der Waals surface area contributed by atoms with Crippen LogP contribution in [-0.2, 0) is 6.42 Å². The minimum Gasteiger partial charge on any atom is -0.508 e. The SMILES string of the molecule is Oc1ccc(-c2ccc3cc(O)ccc3c2Cc2ccc(OCC3=CNC=CC=C3)cc2)cc1. The van der Waals surface area contributed by atoms with Crippen molar-refractivity contribution in [3.05, 3.63) is 126 Å². The van der Waals surface area contributed by atoms with Gasteiger partial charge in [0.2, 0.25) is 0 Å². The number of allylic oxidation sites excluding steroid dienone is 2. The standard InChI is InChI=1S/C30H25NO3/c32-25-9-6-23(7-10-25)28-14-8-24-18-26(33)11-15-29(24)30(28)17-21-4-12-27(13-5-21)34-20-22-3-1-2-16-31-19-22/h1-16,18-19,31-33H,17,20H2. The Balaban J connectivity index is 1.42. The third-order valence-corrected chi connectivity index (χ3v) is 5.89. The Morgan fingerprint density at radius 2 is 1.56 bits per heavy atom. The van der Waals surface area contributed by atoms with Crippen LogP contribution in [0.3, 0.4) is 0 Å². The molecule has 0 saturated carbocycles. The van der Waals surface area contributed by atoms with E-state index in [1.54, 1.807) is 24.3 Å². The van der Waals surface area contributed by atoms with E-state index in [2.05, 4.69) is 23.5 Å². The van der Waals surface area contributed by atoms with Gasteiger partial charge >= 0.3 is 0 Å². The summed E-state index contributed by atoms with van der Waals surface area (Å²) in [6.45, 7) is 0.488. The molecule has 0 aliphatic carbocycles. The highest BCUT2D eigenvalue weighted by Gasteiger charge is 2.12. The van der Waals surface area contributed by atoms with E-state index in [4.69, 9.17) is 4.74 Å². The van der Waals surface area contributed by atoms with Crippen LogP contribution in [0.2, 0.25) is 0 Å². The largest absolute Gasteiger partial charge is 0.508 e. The summed E-state index contributed by atoms with van der Waals surface area (Å²) in [6, 6.07) is 25.0. The van der Waals surface area contributed by atoms with Crippen LogP contribution < -0.4 is 10.1 Å². The monoisotopic (exact) mass is 447 g/mol. The van der Waals surface area contributed by atoms with Crippen LogP contribution in [0.25, 0.3) is 21.9 Å². The predicted molar refractivity (Wildman–Crippen MR) is 137 cm³/mol. The van der Waals surface area contributed by atoms with Gasteiger partial charge in [-0.3, -0.25) is 0 Å². The van der Waals surface area contributed by atoms with E-state index in [1.165, 1.54) is 5.56 Å². The molecule has 4 aromatic carbocycles. The van der Waals surface area contributed by atoms with Crippen LogP contribution in [0.15, 0.2) is 115 Å². The van der Waals surface area contributed by atoms with Gasteiger partial charge in [0, 0.05) is 18.0 Å². The highest BCUT2D eigenvalue weighted by Crippen LogP contribution is 2.34. The highest BCUT2D eigenvalue weighted by molar-refractivity contribution is 5.93. The number of hydrogen-bond donors (Lipinski definition) is 3. The molecule has 4 heteroatoms. The molecular formula is C30H25NO3. The van der Waals surface area contributed by atoms with E-state index in [9.17, 15) is 10.2 Å². The topological polar surface area (TPSA) is 61.7 Å². The molecule has 4 nitrogen and oxygen atoms in total. The molecule has 4 aromatic rings. The van der Waals surface area contributed by atoms with Gasteiger partial charge in [-0.25, -0.2) is 0 Å². The summed E-state index contributed by atoms with van der Waals surface area (Å²) in [5, 5.41) is 24.9. The van der Waals surface area contributed by atoms with Crippen molar-refractivity contribution in [3.8, 4) is 28.4 Å². The lowest BCUT2D eigenvalue weighted by Crippen LogP contribution is -2.03. The van der Waals surface area contributed by atoms with Crippen LogP contribution in [0.1, 0.15) is 11.1 Å². The molecule has 1 aliphatic heterocycles. The Hall–Kier alpha value is -4.44. The van der Waals surface area contributed by atoms with Gasteiger partial charge in [0.1, 0.15) is 23.9 Å². The lowest BCUT2D eigenvalue weighted by atomic mass is 9.90. The third kappa shape index (κ3) is 4.81. The van der Waals surface area contributed by atoms with Crippen molar-refractivity contribution in [1.82, 2.24) is 5.32 Å². The van der Waals surface area contributed by atoms with Crippen molar-refractivity contribution in [1.29, 1.82) is 0 Å². The molecule has 0 saturated heterocycles. The predicted octanol–water partition coefficient (Wildman–Crippen LogP) is 6.44. The first kappa shape index (κ1) is 21.4. The van der Waals surface area contributed by atoms with Crippen LogP contribution >= 0.6 is 0 Å². The Bertz CT molecular complexity index is 1400. The number of nitrogens with one attached hydrogen (secondary N) is 1. The second kappa shape index (κ2) is 9.59. The van der Waals surface area contributed by atoms with Gasteiger partial charge in [0.15, 0.2) is 0 Å². The lowest BCUT2D eigenvalue weighted by molar-refractivity contribution is 0.355. The average Bonchev–Trinajstić information content (AvgIpc) is 3.13. The number of rotatable bonds is 6. The minimum atomic E-state index is 0.244. The molecule has 1 aliphatic rings. The number of aromatic hydroxyl groups is 2. The molecule has 0 fully saturated rings. The number of phenolic OH excluding ortho intramolecular Hbond substituents is 2. The Labute approximate surface area is 198 Å². The summed E-state index contributed by atoms with van der Waals surface area (Å²) in [5.74, 6) is 1.31. The summed E-state index contributed by atoms with van der Waals surface area (Å²) in [7, 11) is 0. The molecule has 0 atom stereocenters. The number of fused-ring (bicyclic) bond motifs is 1. The summed E-state index contributed by atoms with van der Waals surface area (Å²) in [4.78, 5) is 0. The normalized spacial score (nSPS) is 12.8. The fraction of sp³-hybridized carbons (Fsp3) is 0.0667. The van der Waals surface area contributed by atoms with Gasteiger partial charge in [0.05, 0.1) is 0 Å². The van der Waals surface area contributed by atoms with Crippen molar-refractivity contribution in [3.63, 3.8) is 0 Å². The zero-order chi connectivity index (χ0) is 23.3. The molecule has 1 heterocycles. The Kier molecular flexibility index (Phi) is 6.04. The zero-order valence-corrected chi connectivity index (χ0v) is 18.6. The lowest BCUT2D eigenvalue weighted by Gasteiger charge is -2.15. The van der Waals surface area contributed by atoms with Gasteiger partial charge < -0.3 is 20.3 Å². The highest BCUT2D eigenvalue weighted by atomic mass is 16.5. The molecule has 0 radical (unpaired) electrons. The maximum Gasteiger partial charge on any atom is 0.119 e. The second-order valence-electron chi connectivity index (χ2n) is 8.26. The number of phenols is 2. The van der Waals surface area contributed by atoms with E-state index >= 15 is 0 Å². The van der Waals surface area contributed by atoms with Gasteiger partial charge in [-0.15, -0.1) is 0 Å². The molecule has 34 heavy (non-hydrogen) atoms. The Morgan fingerprint density at radius 1 is 0.765 bits per heavy atom. The van der Waals surface area contributed by atoms with Crippen LogP contribution in [0.4, 0.5) is 0 Å². The van der Waals surface area contributed by atoms with Crippen molar-refractivity contribution in [2.45, 2.75) is 6.42 Å². The van der Waals surface area contributed by atoms with Gasteiger partial charge in [-0.1, -0.05) is 54.6 Å². The zero-order valence-electron chi connectivity index (χ0n) is 18.6. The molecule has 0 bridgehead atoms. The Morgan fingerprint density at radius 3 is 2.38 bits per heavy atom. The van der Waals surface area contributed by atoms with E-state index in [0.717, 1.165) is 45.2 Å². The molecule has 0 aromatic heterocycles. The third-order valence-electron chi connectivity index (χ3n) is 5.89. The summed E-state index contributed by atoms with van der Waals surface area (Å²) < 4.78 is 5.96. The van der Waals surface area contributed by atoms with E-state index in [1.807, 2.05) is 67.0 Å². The molecule has 3 N–H and O–H groups in total. The molecular weight excluding hydrogens is 422 g/mol. The van der Waals surface area contributed by atoms with Crippen LogP contribution in [0.5, 0.6) is 17.2 Å². The van der Waals surface area contributed by atoms with Crippen molar-refractivity contribution in [2.24, 2.45) is 0 Å². The summed E-state index contributed by atoms with van der Waals surface area (Å²) in [6.07, 6.45) is 10.5. The molecule has 0 unspecified atom stereocenters. The summed E-state index contributed by atoms with van der Waals surface area (Å²) in [5.41, 5.74) is 5.53. The van der Waals surface area contributed by atoms with Crippen LogP contribution in [0, 0.1) is 0 Å². The van der Waals surface area contributed by atoms with Crippen molar-refractivity contribution >= 4 is 10.8 Å². The minimum absolute atomic E-state index is 0.244. The molecule has 168 valence electrons. The average molecular weight is 448 g/mol. The fourth-order valence-corrected chi connectivity index (χ4v) is 4.14. The van der Waals surface area contributed by atoms with Gasteiger partial charge in [0.25, 0.3) is 0 Å². The van der Waals surface area contributed by atoms with Crippen molar-refractivity contribution < 1.29 is 14.9 Å². The summed E-state index contributed by atoms with van der Waals surface area (Å²) >= 11 is 0. The maximum atomic E-state index is 9.96. The second-order valence-corrected chi connectivity index (χ2v) is 8.26. The first-order valence-electron chi connectivity index (χ1n) is 11.2. The molecule has 0 spiro atoms. The molecule has 5 rings (SSSR count). The first-order valence-corrected chi connectivity index (χ1v) is 11.2. The van der Waals surface area contributed by atoms with Gasteiger partial charge in [-0.2, -0.15) is 0 Å². The van der Waals surface area contributed by atoms with E-state index in [-0.39, 0.29) is 11.5 Å². The van der Waals surface area contributed by atoms with Crippen molar-refractivity contribution in [2.75, 3.05) is 6.61 Å². The number of hydrogen-bond acceptors (Lipinski definition) is 4. The van der Waals surface area contributed by atoms with Crippen LogP contribution in [-0.4, -0.2) is 16.8 Å². The fourth-order valence-electron chi connectivity index (χ4n) is 4.14. The van der Waals surface area contributed by atoms with E-state index < -0.39 is 0 Å². The van der Waals surface area contributed by atoms with E-state index in [0.29, 0.717) is 6.61 Å². The smallest absolute Gasteiger partial charge is 0.119 e. The maximum absolute atomic E-state index is 9.96. The number of benzene rings is 4. The number of ether oxygens (including phenoxy) is 1. The molecule has 0 amide bonds. The first-order chi connectivity index (χ1) is 16.7.